The Morgan fingerprint density at radius 1 is 1.73 bits per heavy atom. The van der Waals surface area contributed by atoms with E-state index in [9.17, 15) is 4.79 Å². The standard InChI is InChI=1S/C8H11NO2/c1-2-5-11-8(10)7-3-4-9-6-7/h3-4,6,9H,2,5H2,1H3. The van der Waals surface area contributed by atoms with E-state index < -0.39 is 0 Å². The van der Waals surface area contributed by atoms with Gasteiger partial charge >= 0.3 is 5.97 Å². The average molecular weight is 153 g/mol. The van der Waals surface area contributed by atoms with Crippen molar-refractivity contribution in [2.45, 2.75) is 13.3 Å². The summed E-state index contributed by atoms with van der Waals surface area (Å²) in [7, 11) is 0. The maximum Gasteiger partial charge on any atom is 0.339 e. The first-order chi connectivity index (χ1) is 5.34. The molecule has 60 valence electrons. The highest BCUT2D eigenvalue weighted by Gasteiger charge is 2.04. The maximum atomic E-state index is 11.0. The zero-order chi connectivity index (χ0) is 8.10. The molecule has 0 atom stereocenters. The van der Waals surface area contributed by atoms with Crippen molar-refractivity contribution in [2.75, 3.05) is 6.61 Å². The number of esters is 1. The van der Waals surface area contributed by atoms with Gasteiger partial charge in [0.15, 0.2) is 0 Å². The van der Waals surface area contributed by atoms with Crippen LogP contribution in [0.4, 0.5) is 0 Å². The molecule has 0 aliphatic carbocycles. The number of hydrogen-bond donors (Lipinski definition) is 1. The number of nitrogens with one attached hydrogen (secondary N) is 1. The molecule has 1 N–H and O–H groups in total. The first-order valence-corrected chi connectivity index (χ1v) is 3.64. The van der Waals surface area contributed by atoms with Crippen LogP contribution >= 0.6 is 0 Å². The predicted octanol–water partition coefficient (Wildman–Crippen LogP) is 1.58. The predicted molar refractivity (Wildman–Crippen MR) is 41.4 cm³/mol. The molecule has 1 rings (SSSR count). The number of H-pyrrole nitrogens is 1. The molecule has 0 aliphatic heterocycles. The summed E-state index contributed by atoms with van der Waals surface area (Å²) < 4.78 is 4.88. The van der Waals surface area contributed by atoms with Gasteiger partial charge in [-0.2, -0.15) is 0 Å². The van der Waals surface area contributed by atoms with E-state index in [1.807, 2.05) is 6.92 Å². The molecule has 0 saturated heterocycles. The number of rotatable bonds is 3. The van der Waals surface area contributed by atoms with E-state index in [2.05, 4.69) is 4.98 Å². The number of ether oxygens (including phenoxy) is 1. The summed E-state index contributed by atoms with van der Waals surface area (Å²) in [4.78, 5) is 13.8. The molecular formula is C8H11NO2. The molecule has 0 spiro atoms. The molecule has 0 radical (unpaired) electrons. The van der Waals surface area contributed by atoms with Gasteiger partial charge in [0.05, 0.1) is 12.2 Å². The molecule has 0 saturated carbocycles. The van der Waals surface area contributed by atoms with Crippen molar-refractivity contribution in [2.24, 2.45) is 0 Å². The second-order valence-corrected chi connectivity index (χ2v) is 2.24. The zero-order valence-corrected chi connectivity index (χ0v) is 6.46. The van der Waals surface area contributed by atoms with E-state index >= 15 is 0 Å². The lowest BCUT2D eigenvalue weighted by Crippen LogP contribution is -2.04. The lowest BCUT2D eigenvalue weighted by atomic mass is 10.3. The zero-order valence-electron chi connectivity index (χ0n) is 6.46. The lowest BCUT2D eigenvalue weighted by molar-refractivity contribution is 0.0505. The minimum Gasteiger partial charge on any atom is -0.462 e. The van der Waals surface area contributed by atoms with Gasteiger partial charge in [0.1, 0.15) is 0 Å². The van der Waals surface area contributed by atoms with Gasteiger partial charge in [-0.05, 0) is 12.5 Å². The molecule has 0 aliphatic rings. The first kappa shape index (κ1) is 7.85. The summed E-state index contributed by atoms with van der Waals surface area (Å²) in [5, 5.41) is 0. The minimum absolute atomic E-state index is 0.256. The Kier molecular flexibility index (Phi) is 2.72. The highest BCUT2D eigenvalue weighted by molar-refractivity contribution is 5.89. The van der Waals surface area contributed by atoms with Gasteiger partial charge < -0.3 is 9.72 Å². The highest BCUT2D eigenvalue weighted by atomic mass is 16.5. The van der Waals surface area contributed by atoms with E-state index in [0.29, 0.717) is 12.2 Å². The van der Waals surface area contributed by atoms with E-state index in [1.165, 1.54) is 0 Å². The van der Waals surface area contributed by atoms with E-state index in [4.69, 9.17) is 4.74 Å². The van der Waals surface area contributed by atoms with Gasteiger partial charge in [-0.25, -0.2) is 4.79 Å². The Hall–Kier alpha value is -1.25. The number of aromatic amines is 1. The molecule has 1 aromatic heterocycles. The van der Waals surface area contributed by atoms with Crippen molar-refractivity contribution in [3.8, 4) is 0 Å². The summed E-state index contributed by atoms with van der Waals surface area (Å²) in [6, 6.07) is 1.69. The molecule has 1 aromatic rings. The summed E-state index contributed by atoms with van der Waals surface area (Å²) >= 11 is 0. The fourth-order valence-electron chi connectivity index (χ4n) is 0.729. The second-order valence-electron chi connectivity index (χ2n) is 2.24. The van der Waals surface area contributed by atoms with Crippen molar-refractivity contribution in [1.82, 2.24) is 4.98 Å². The minimum atomic E-state index is -0.256. The van der Waals surface area contributed by atoms with Gasteiger partial charge in [0.2, 0.25) is 0 Å². The Morgan fingerprint density at radius 2 is 2.55 bits per heavy atom. The van der Waals surface area contributed by atoms with Gasteiger partial charge in [-0.1, -0.05) is 6.92 Å². The summed E-state index contributed by atoms with van der Waals surface area (Å²) in [5.41, 5.74) is 0.582. The van der Waals surface area contributed by atoms with Crippen LogP contribution in [-0.4, -0.2) is 17.6 Å². The fourth-order valence-corrected chi connectivity index (χ4v) is 0.729. The smallest absolute Gasteiger partial charge is 0.339 e. The van der Waals surface area contributed by atoms with Gasteiger partial charge in [0, 0.05) is 12.4 Å². The number of hydrogen-bond acceptors (Lipinski definition) is 2. The van der Waals surface area contributed by atoms with Crippen molar-refractivity contribution in [3.63, 3.8) is 0 Å². The Labute approximate surface area is 65.4 Å². The molecule has 1 heterocycles. The van der Waals surface area contributed by atoms with Crippen molar-refractivity contribution >= 4 is 5.97 Å². The molecule has 0 aromatic carbocycles. The molecule has 0 amide bonds. The van der Waals surface area contributed by atoms with Crippen LogP contribution in [0.2, 0.25) is 0 Å². The quantitative estimate of drug-likeness (QED) is 0.670. The Morgan fingerprint density at radius 3 is 3.09 bits per heavy atom. The summed E-state index contributed by atoms with van der Waals surface area (Å²) in [6.07, 6.45) is 4.18. The second kappa shape index (κ2) is 3.81. The van der Waals surface area contributed by atoms with Crippen LogP contribution in [0.5, 0.6) is 0 Å². The normalized spacial score (nSPS) is 9.55. The number of carbonyl (C=O) groups excluding carboxylic acids is 1. The van der Waals surface area contributed by atoms with Crippen LogP contribution in [0.15, 0.2) is 18.5 Å². The van der Waals surface area contributed by atoms with E-state index in [-0.39, 0.29) is 5.97 Å². The molecule has 0 unspecified atom stereocenters. The largest absolute Gasteiger partial charge is 0.462 e. The molecule has 11 heavy (non-hydrogen) atoms. The Bertz CT molecular complexity index is 216. The SMILES string of the molecule is CCCOC(=O)c1cc[nH]c1. The molecule has 0 bridgehead atoms. The van der Waals surface area contributed by atoms with Crippen molar-refractivity contribution in [3.05, 3.63) is 24.0 Å². The molecular weight excluding hydrogens is 142 g/mol. The highest BCUT2D eigenvalue weighted by Crippen LogP contribution is 1.99. The summed E-state index contributed by atoms with van der Waals surface area (Å²) in [6.45, 7) is 2.45. The van der Waals surface area contributed by atoms with Crippen molar-refractivity contribution < 1.29 is 9.53 Å². The average Bonchev–Trinajstić information content (AvgIpc) is 2.52. The van der Waals surface area contributed by atoms with Crippen LogP contribution in [0, 0.1) is 0 Å². The van der Waals surface area contributed by atoms with Crippen LogP contribution in [-0.2, 0) is 4.74 Å². The lowest BCUT2D eigenvalue weighted by Gasteiger charge is -1.98. The van der Waals surface area contributed by atoms with Crippen LogP contribution in [0.25, 0.3) is 0 Å². The third kappa shape index (κ3) is 2.11. The van der Waals surface area contributed by atoms with Crippen LogP contribution in [0.3, 0.4) is 0 Å². The molecule has 3 nitrogen and oxygen atoms in total. The third-order valence-corrected chi connectivity index (χ3v) is 1.27. The Balaban J connectivity index is 2.43. The van der Waals surface area contributed by atoms with Gasteiger partial charge in [-0.15, -0.1) is 0 Å². The van der Waals surface area contributed by atoms with E-state index in [1.54, 1.807) is 18.5 Å². The first-order valence-electron chi connectivity index (χ1n) is 3.64. The molecule has 0 fully saturated rings. The van der Waals surface area contributed by atoms with Crippen LogP contribution in [0.1, 0.15) is 23.7 Å². The van der Waals surface area contributed by atoms with Gasteiger partial charge in [0.25, 0.3) is 0 Å². The van der Waals surface area contributed by atoms with E-state index in [0.717, 1.165) is 6.42 Å². The fraction of sp³-hybridized carbons (Fsp3) is 0.375. The summed E-state index contributed by atoms with van der Waals surface area (Å²) in [5.74, 6) is -0.256. The third-order valence-electron chi connectivity index (χ3n) is 1.27. The number of carbonyl (C=O) groups is 1. The monoisotopic (exact) mass is 153 g/mol. The maximum absolute atomic E-state index is 11.0. The molecule has 3 heteroatoms. The van der Waals surface area contributed by atoms with Crippen molar-refractivity contribution in [1.29, 1.82) is 0 Å². The van der Waals surface area contributed by atoms with Gasteiger partial charge in [-0.3, -0.25) is 0 Å². The number of aromatic nitrogens is 1. The topological polar surface area (TPSA) is 42.1 Å². The van der Waals surface area contributed by atoms with Crippen LogP contribution < -0.4 is 0 Å².